The van der Waals surface area contributed by atoms with Crippen LogP contribution in [0, 0.1) is 0 Å². The SMILES string of the molecule is O=C(Nc1c(Cl)cc(Cl)cc1Cl)c1ccc(C(=O)Nc2c(Cl)cc(Cl)cc2Cl)cc1. The third kappa shape index (κ3) is 5.33. The second-order valence-corrected chi connectivity index (χ2v) is 8.48. The summed E-state index contributed by atoms with van der Waals surface area (Å²) in [6.07, 6.45) is 0. The lowest BCUT2D eigenvalue weighted by Crippen LogP contribution is -2.15. The predicted molar refractivity (Wildman–Crippen MR) is 125 cm³/mol. The number of hydrogen-bond donors (Lipinski definition) is 2. The molecular weight excluding hydrogens is 513 g/mol. The average molecular weight is 523 g/mol. The van der Waals surface area contributed by atoms with Crippen molar-refractivity contribution in [3.8, 4) is 0 Å². The van der Waals surface area contributed by atoms with Crippen molar-refractivity contribution in [1.29, 1.82) is 0 Å². The van der Waals surface area contributed by atoms with Gasteiger partial charge in [-0.15, -0.1) is 0 Å². The maximum Gasteiger partial charge on any atom is 0.255 e. The smallest absolute Gasteiger partial charge is 0.255 e. The Bertz CT molecular complexity index is 1010. The molecule has 0 unspecified atom stereocenters. The molecule has 0 fully saturated rings. The largest absolute Gasteiger partial charge is 0.319 e. The fourth-order valence-corrected chi connectivity index (χ4v) is 4.29. The zero-order valence-electron chi connectivity index (χ0n) is 14.7. The molecule has 4 nitrogen and oxygen atoms in total. The van der Waals surface area contributed by atoms with Gasteiger partial charge in [0, 0.05) is 21.2 Å². The third-order valence-electron chi connectivity index (χ3n) is 3.90. The number of nitrogens with one attached hydrogen (secondary N) is 2. The third-order valence-corrected chi connectivity index (χ3v) is 5.53. The van der Waals surface area contributed by atoms with E-state index in [1.807, 2.05) is 0 Å². The molecule has 10 heteroatoms. The maximum atomic E-state index is 12.5. The van der Waals surface area contributed by atoms with Crippen molar-refractivity contribution in [2.24, 2.45) is 0 Å². The van der Waals surface area contributed by atoms with Crippen molar-refractivity contribution in [2.45, 2.75) is 0 Å². The molecule has 0 saturated heterocycles. The van der Waals surface area contributed by atoms with Crippen LogP contribution in [-0.2, 0) is 0 Å². The van der Waals surface area contributed by atoms with E-state index < -0.39 is 11.8 Å². The fraction of sp³-hybridized carbons (Fsp3) is 0. The Morgan fingerprint density at radius 3 is 1.07 bits per heavy atom. The zero-order valence-corrected chi connectivity index (χ0v) is 19.2. The standard InChI is InChI=1S/C20H10Cl6N2O2/c21-11-5-13(23)17(14(24)6-11)27-19(29)9-1-2-10(4-3-9)20(30)28-18-15(25)7-12(22)8-16(18)26/h1-8H,(H,27,29)(H,28,30). The minimum Gasteiger partial charge on any atom is -0.319 e. The molecular formula is C20H10Cl6N2O2. The number of rotatable bonds is 4. The van der Waals surface area contributed by atoms with Gasteiger partial charge >= 0.3 is 0 Å². The molecule has 3 aromatic rings. The topological polar surface area (TPSA) is 58.2 Å². The van der Waals surface area contributed by atoms with Crippen LogP contribution in [0.25, 0.3) is 0 Å². The monoisotopic (exact) mass is 520 g/mol. The summed E-state index contributed by atoms with van der Waals surface area (Å²) in [6.45, 7) is 0. The second-order valence-electron chi connectivity index (χ2n) is 5.97. The first kappa shape index (κ1) is 23.0. The van der Waals surface area contributed by atoms with Gasteiger partial charge in [-0.25, -0.2) is 0 Å². The van der Waals surface area contributed by atoms with E-state index in [1.165, 1.54) is 48.5 Å². The molecule has 0 aliphatic rings. The summed E-state index contributed by atoms with van der Waals surface area (Å²) in [5.41, 5.74) is 1.05. The van der Waals surface area contributed by atoms with Crippen molar-refractivity contribution < 1.29 is 9.59 Å². The van der Waals surface area contributed by atoms with E-state index in [4.69, 9.17) is 69.6 Å². The van der Waals surface area contributed by atoms with Gasteiger partial charge in [0.25, 0.3) is 11.8 Å². The van der Waals surface area contributed by atoms with E-state index in [0.717, 1.165) is 0 Å². The number of hydrogen-bond acceptors (Lipinski definition) is 2. The van der Waals surface area contributed by atoms with Gasteiger partial charge in [0.05, 0.1) is 31.5 Å². The second kappa shape index (κ2) is 9.65. The van der Waals surface area contributed by atoms with E-state index in [-0.39, 0.29) is 42.6 Å². The number of halogens is 6. The van der Waals surface area contributed by atoms with Crippen molar-refractivity contribution in [2.75, 3.05) is 10.6 Å². The van der Waals surface area contributed by atoms with E-state index in [1.54, 1.807) is 0 Å². The highest BCUT2D eigenvalue weighted by Gasteiger charge is 2.15. The van der Waals surface area contributed by atoms with Crippen LogP contribution in [0.5, 0.6) is 0 Å². The molecule has 0 aliphatic carbocycles. The lowest BCUT2D eigenvalue weighted by atomic mass is 10.1. The van der Waals surface area contributed by atoms with E-state index in [2.05, 4.69) is 10.6 Å². The van der Waals surface area contributed by atoms with Gasteiger partial charge in [0.1, 0.15) is 0 Å². The van der Waals surface area contributed by atoms with Gasteiger partial charge in [-0.3, -0.25) is 9.59 Å². The predicted octanol–water partition coefficient (Wildman–Crippen LogP) is 8.11. The molecule has 0 bridgehead atoms. The number of carbonyl (C=O) groups excluding carboxylic acids is 2. The van der Waals surface area contributed by atoms with Gasteiger partial charge in [-0.2, -0.15) is 0 Å². The Labute approximate surface area is 202 Å². The normalized spacial score (nSPS) is 10.6. The zero-order chi connectivity index (χ0) is 22.0. The van der Waals surface area contributed by atoms with E-state index in [0.29, 0.717) is 10.0 Å². The molecule has 3 rings (SSSR count). The number of carbonyl (C=O) groups is 2. The maximum absolute atomic E-state index is 12.5. The molecule has 0 aromatic heterocycles. The van der Waals surface area contributed by atoms with Gasteiger partial charge in [-0.1, -0.05) is 69.6 Å². The van der Waals surface area contributed by atoms with Gasteiger partial charge in [0.2, 0.25) is 0 Å². The Hall–Kier alpha value is -1.66. The van der Waals surface area contributed by atoms with E-state index in [9.17, 15) is 9.59 Å². The first-order chi connectivity index (χ1) is 14.2. The lowest BCUT2D eigenvalue weighted by molar-refractivity contribution is 0.101. The summed E-state index contributed by atoms with van der Waals surface area (Å²) < 4.78 is 0. The van der Waals surface area contributed by atoms with Crippen LogP contribution in [0.1, 0.15) is 20.7 Å². The Balaban J connectivity index is 1.75. The number of anilines is 2. The van der Waals surface area contributed by atoms with Crippen LogP contribution < -0.4 is 10.6 Å². The molecule has 0 aliphatic heterocycles. The highest BCUT2D eigenvalue weighted by atomic mass is 35.5. The summed E-state index contributed by atoms with van der Waals surface area (Å²) >= 11 is 36.0. The van der Waals surface area contributed by atoms with Gasteiger partial charge in [-0.05, 0) is 48.5 Å². The molecule has 0 spiro atoms. The Morgan fingerprint density at radius 2 is 0.800 bits per heavy atom. The molecule has 154 valence electrons. The van der Waals surface area contributed by atoms with Gasteiger partial charge in [0.15, 0.2) is 0 Å². The highest BCUT2D eigenvalue weighted by molar-refractivity contribution is 6.43. The molecule has 0 radical (unpaired) electrons. The van der Waals surface area contributed by atoms with Crippen LogP contribution in [0.2, 0.25) is 30.1 Å². The molecule has 0 saturated carbocycles. The fourth-order valence-electron chi connectivity index (χ4n) is 2.47. The minimum atomic E-state index is -0.461. The molecule has 30 heavy (non-hydrogen) atoms. The number of amides is 2. The Morgan fingerprint density at radius 1 is 0.533 bits per heavy atom. The first-order valence-electron chi connectivity index (χ1n) is 8.17. The highest BCUT2D eigenvalue weighted by Crippen LogP contribution is 2.35. The van der Waals surface area contributed by atoms with Crippen LogP contribution >= 0.6 is 69.6 Å². The molecule has 0 heterocycles. The summed E-state index contributed by atoms with van der Waals surface area (Å²) in [6, 6.07) is 11.8. The lowest BCUT2D eigenvalue weighted by Gasteiger charge is -2.11. The van der Waals surface area contributed by atoms with Gasteiger partial charge < -0.3 is 10.6 Å². The van der Waals surface area contributed by atoms with Crippen LogP contribution in [0.4, 0.5) is 11.4 Å². The average Bonchev–Trinajstić information content (AvgIpc) is 2.67. The molecule has 0 atom stereocenters. The van der Waals surface area contributed by atoms with Crippen molar-refractivity contribution in [3.05, 3.63) is 89.8 Å². The summed E-state index contributed by atoms with van der Waals surface area (Å²) in [4.78, 5) is 25.0. The summed E-state index contributed by atoms with van der Waals surface area (Å²) in [7, 11) is 0. The van der Waals surface area contributed by atoms with Crippen molar-refractivity contribution in [3.63, 3.8) is 0 Å². The van der Waals surface area contributed by atoms with Crippen molar-refractivity contribution >= 4 is 92.8 Å². The summed E-state index contributed by atoms with van der Waals surface area (Å²) in [5.74, 6) is -0.922. The molecule has 2 N–H and O–H groups in total. The van der Waals surface area contributed by atoms with Crippen molar-refractivity contribution in [1.82, 2.24) is 0 Å². The first-order valence-corrected chi connectivity index (χ1v) is 10.4. The molecule has 2 amide bonds. The summed E-state index contributed by atoms with van der Waals surface area (Å²) in [5, 5.41) is 6.75. The van der Waals surface area contributed by atoms with E-state index >= 15 is 0 Å². The number of benzene rings is 3. The quantitative estimate of drug-likeness (QED) is 0.363. The Kier molecular flexibility index (Phi) is 7.40. The van der Waals surface area contributed by atoms with Crippen LogP contribution in [-0.4, -0.2) is 11.8 Å². The van der Waals surface area contributed by atoms with Crippen LogP contribution in [0.3, 0.4) is 0 Å². The van der Waals surface area contributed by atoms with Crippen LogP contribution in [0.15, 0.2) is 48.5 Å². The molecule has 3 aromatic carbocycles. The minimum absolute atomic E-state index is 0.202.